The van der Waals surface area contributed by atoms with Gasteiger partial charge in [-0.05, 0) is 30.0 Å². The van der Waals surface area contributed by atoms with Gasteiger partial charge in [0.15, 0.2) is 6.10 Å². The highest BCUT2D eigenvalue weighted by atomic mass is 32.1. The molecule has 0 aliphatic rings. The fourth-order valence-electron chi connectivity index (χ4n) is 2.91. The molecule has 0 radical (unpaired) electrons. The average molecular weight is 396 g/mol. The largest absolute Gasteiger partial charge is 0.454 e. The number of esters is 1. The van der Waals surface area contributed by atoms with Crippen LogP contribution >= 0.6 is 11.3 Å². The van der Waals surface area contributed by atoms with E-state index in [1.807, 2.05) is 36.4 Å². The number of ether oxygens (including phenoxy) is 1. The highest BCUT2D eigenvalue weighted by Gasteiger charge is 2.21. The number of aromatic nitrogens is 1. The zero-order chi connectivity index (χ0) is 20.3. The molecular weight excluding hydrogens is 370 g/mol. The van der Waals surface area contributed by atoms with Crippen LogP contribution in [0.15, 0.2) is 48.5 Å². The first kappa shape index (κ1) is 20.2. The molecule has 3 aromatic rings. The van der Waals surface area contributed by atoms with Crippen LogP contribution in [0.1, 0.15) is 55.0 Å². The number of benzene rings is 2. The van der Waals surface area contributed by atoms with Gasteiger partial charge < -0.3 is 4.74 Å². The zero-order valence-corrected chi connectivity index (χ0v) is 17.5. The number of carbonyl (C=O) groups is 2. The topological polar surface area (TPSA) is 56.3 Å². The van der Waals surface area contributed by atoms with Gasteiger partial charge in [0, 0.05) is 12.0 Å². The molecule has 3 rings (SSSR count). The molecule has 1 atom stereocenters. The van der Waals surface area contributed by atoms with Crippen LogP contribution < -0.4 is 0 Å². The van der Waals surface area contributed by atoms with E-state index in [9.17, 15) is 9.59 Å². The van der Waals surface area contributed by atoms with Gasteiger partial charge in [-0.25, -0.2) is 4.98 Å². The summed E-state index contributed by atoms with van der Waals surface area (Å²) in [7, 11) is 0. The summed E-state index contributed by atoms with van der Waals surface area (Å²) in [4.78, 5) is 29.2. The Kier molecular flexibility index (Phi) is 5.94. The number of thiazole rings is 1. The number of fused-ring (bicyclic) bond motifs is 1. The van der Waals surface area contributed by atoms with Crippen LogP contribution in [0.4, 0.5) is 0 Å². The number of para-hydroxylation sites is 1. The maximum atomic E-state index is 12.5. The molecule has 0 fully saturated rings. The number of ketones is 1. The lowest BCUT2D eigenvalue weighted by Crippen LogP contribution is -2.24. The van der Waals surface area contributed by atoms with Crippen molar-refractivity contribution >= 4 is 33.3 Å². The average Bonchev–Trinajstić information content (AvgIpc) is 3.08. The van der Waals surface area contributed by atoms with Crippen molar-refractivity contribution in [2.24, 2.45) is 0 Å². The molecule has 0 bridgehead atoms. The van der Waals surface area contributed by atoms with Crippen LogP contribution in [0.25, 0.3) is 10.2 Å². The SMILES string of the molecule is C[C@@H](OC(=O)CCc1nc2ccccc2s1)C(=O)c1ccc(C(C)(C)C)cc1. The molecule has 2 aromatic carbocycles. The summed E-state index contributed by atoms with van der Waals surface area (Å²) in [6.07, 6.45) is -0.0805. The number of aryl methyl sites for hydroxylation is 1. The number of carbonyl (C=O) groups excluding carboxylic acids is 2. The molecule has 4 nitrogen and oxygen atoms in total. The van der Waals surface area contributed by atoms with E-state index in [0.717, 1.165) is 20.8 Å². The Morgan fingerprint density at radius 1 is 1.07 bits per heavy atom. The zero-order valence-electron chi connectivity index (χ0n) is 16.7. The summed E-state index contributed by atoms with van der Waals surface area (Å²) in [6, 6.07) is 15.4. The fourth-order valence-corrected chi connectivity index (χ4v) is 3.88. The molecule has 0 unspecified atom stereocenters. The second kappa shape index (κ2) is 8.23. The van der Waals surface area contributed by atoms with E-state index in [0.29, 0.717) is 12.0 Å². The quantitative estimate of drug-likeness (QED) is 0.417. The molecule has 0 amide bonds. The van der Waals surface area contributed by atoms with Gasteiger partial charge in [0.25, 0.3) is 0 Å². The van der Waals surface area contributed by atoms with Crippen molar-refractivity contribution in [1.29, 1.82) is 0 Å². The summed E-state index contributed by atoms with van der Waals surface area (Å²) in [5.74, 6) is -0.569. The molecule has 0 aliphatic heterocycles. The predicted molar refractivity (Wildman–Crippen MR) is 113 cm³/mol. The minimum atomic E-state index is -0.802. The Labute approximate surface area is 169 Å². The fraction of sp³-hybridized carbons (Fsp3) is 0.348. The van der Waals surface area contributed by atoms with Crippen molar-refractivity contribution in [3.8, 4) is 0 Å². The Morgan fingerprint density at radius 3 is 2.39 bits per heavy atom. The van der Waals surface area contributed by atoms with Crippen molar-refractivity contribution in [3.63, 3.8) is 0 Å². The van der Waals surface area contributed by atoms with Gasteiger partial charge in [-0.1, -0.05) is 57.2 Å². The maximum Gasteiger partial charge on any atom is 0.306 e. The Hall–Kier alpha value is -2.53. The molecule has 1 aromatic heterocycles. The first-order chi connectivity index (χ1) is 13.2. The molecule has 146 valence electrons. The third-order valence-electron chi connectivity index (χ3n) is 4.59. The number of rotatable bonds is 6. The van der Waals surface area contributed by atoms with Gasteiger partial charge in [-0.3, -0.25) is 9.59 Å². The number of hydrogen-bond donors (Lipinski definition) is 0. The van der Waals surface area contributed by atoms with E-state index < -0.39 is 6.10 Å². The number of hydrogen-bond acceptors (Lipinski definition) is 5. The second-order valence-electron chi connectivity index (χ2n) is 7.90. The van der Waals surface area contributed by atoms with Crippen LogP contribution in [0, 0.1) is 0 Å². The van der Waals surface area contributed by atoms with Crippen molar-refractivity contribution < 1.29 is 14.3 Å². The minimum absolute atomic E-state index is 0.0281. The van der Waals surface area contributed by atoms with E-state index >= 15 is 0 Å². The number of Topliss-reactive ketones (excluding diaryl/α,β-unsaturated/α-hetero) is 1. The highest BCUT2D eigenvalue weighted by Crippen LogP contribution is 2.24. The van der Waals surface area contributed by atoms with Crippen LogP contribution in [-0.4, -0.2) is 22.8 Å². The molecule has 0 saturated heterocycles. The summed E-state index contributed by atoms with van der Waals surface area (Å²) in [5, 5.41) is 0.898. The van der Waals surface area contributed by atoms with Gasteiger partial charge in [0.2, 0.25) is 5.78 Å². The van der Waals surface area contributed by atoms with Crippen LogP contribution in [0.3, 0.4) is 0 Å². The second-order valence-corrected chi connectivity index (χ2v) is 9.01. The lowest BCUT2D eigenvalue weighted by Gasteiger charge is -2.19. The molecule has 5 heteroatoms. The van der Waals surface area contributed by atoms with Gasteiger partial charge in [0.1, 0.15) is 0 Å². The Morgan fingerprint density at radius 2 is 1.75 bits per heavy atom. The van der Waals surface area contributed by atoms with E-state index in [4.69, 9.17) is 4.74 Å². The van der Waals surface area contributed by atoms with Crippen molar-refractivity contribution in [2.45, 2.75) is 52.1 Å². The lowest BCUT2D eigenvalue weighted by atomic mass is 9.86. The van der Waals surface area contributed by atoms with Gasteiger partial charge in [-0.15, -0.1) is 11.3 Å². The molecule has 1 heterocycles. The Bertz CT molecular complexity index is 950. The number of nitrogens with zero attached hydrogens (tertiary/aromatic N) is 1. The van der Waals surface area contributed by atoms with Gasteiger partial charge in [-0.2, -0.15) is 0 Å². The van der Waals surface area contributed by atoms with E-state index in [1.165, 1.54) is 0 Å². The highest BCUT2D eigenvalue weighted by molar-refractivity contribution is 7.18. The van der Waals surface area contributed by atoms with Gasteiger partial charge >= 0.3 is 5.97 Å². The smallest absolute Gasteiger partial charge is 0.306 e. The van der Waals surface area contributed by atoms with Crippen LogP contribution in [-0.2, 0) is 21.4 Å². The monoisotopic (exact) mass is 395 g/mol. The molecule has 0 saturated carbocycles. The molecule has 28 heavy (non-hydrogen) atoms. The van der Waals surface area contributed by atoms with Crippen LogP contribution in [0.5, 0.6) is 0 Å². The first-order valence-electron chi connectivity index (χ1n) is 9.43. The lowest BCUT2D eigenvalue weighted by molar-refractivity contribution is -0.146. The van der Waals surface area contributed by atoms with E-state index in [1.54, 1.807) is 30.4 Å². The Balaban J connectivity index is 1.55. The summed E-state index contributed by atoms with van der Waals surface area (Å²) in [6.45, 7) is 7.99. The maximum absolute atomic E-state index is 12.5. The summed E-state index contributed by atoms with van der Waals surface area (Å²) in [5.41, 5.74) is 2.68. The van der Waals surface area contributed by atoms with E-state index in [2.05, 4.69) is 25.8 Å². The van der Waals surface area contributed by atoms with Gasteiger partial charge in [0.05, 0.1) is 21.6 Å². The predicted octanol–water partition coefficient (Wildman–Crippen LogP) is 5.34. The standard InChI is InChI=1S/C23H25NO3S/c1-15(22(26)16-9-11-17(12-10-16)23(2,3)4)27-21(25)14-13-20-24-18-7-5-6-8-19(18)28-20/h5-12,15H,13-14H2,1-4H3/t15-/m1/s1. The van der Waals surface area contributed by atoms with Crippen molar-refractivity contribution in [2.75, 3.05) is 0 Å². The summed E-state index contributed by atoms with van der Waals surface area (Å²) < 4.78 is 6.45. The third kappa shape index (κ3) is 4.84. The molecule has 0 aliphatic carbocycles. The van der Waals surface area contributed by atoms with Crippen molar-refractivity contribution in [1.82, 2.24) is 4.98 Å². The summed E-state index contributed by atoms with van der Waals surface area (Å²) >= 11 is 1.58. The molecule has 0 N–H and O–H groups in total. The first-order valence-corrected chi connectivity index (χ1v) is 10.2. The van der Waals surface area contributed by atoms with Crippen molar-refractivity contribution in [3.05, 3.63) is 64.7 Å². The third-order valence-corrected chi connectivity index (χ3v) is 5.69. The van der Waals surface area contributed by atoms with Crippen LogP contribution in [0.2, 0.25) is 0 Å². The van der Waals surface area contributed by atoms with E-state index in [-0.39, 0.29) is 23.6 Å². The molecule has 0 spiro atoms. The molecular formula is C23H25NO3S. The normalized spacial score (nSPS) is 12.7. The minimum Gasteiger partial charge on any atom is -0.454 e.